The first-order chi connectivity index (χ1) is 8.11. The molecule has 0 unspecified atom stereocenters. The maximum absolute atomic E-state index is 13.7. The van der Waals surface area contributed by atoms with E-state index in [1.807, 2.05) is 0 Å². The van der Waals surface area contributed by atoms with Crippen LogP contribution in [0.2, 0.25) is 0 Å². The van der Waals surface area contributed by atoms with E-state index in [1.165, 1.54) is 0 Å². The number of hydrogen-bond donors (Lipinski definition) is 1. The fraction of sp³-hybridized carbons (Fsp3) is 0.417. The maximum atomic E-state index is 13.7. The van der Waals surface area contributed by atoms with Crippen LogP contribution in [-0.4, -0.2) is 19.1 Å². The van der Waals surface area contributed by atoms with Gasteiger partial charge in [-0.1, -0.05) is 0 Å². The second-order valence-electron chi connectivity index (χ2n) is 4.22. The number of nitrogens with two attached hydrogens (primary N) is 1. The second kappa shape index (κ2) is 4.68. The van der Waals surface area contributed by atoms with E-state index in [4.69, 9.17) is 11.0 Å². The number of halogens is 2. The summed E-state index contributed by atoms with van der Waals surface area (Å²) < 4.78 is 27.4. The van der Waals surface area contributed by atoms with Crippen molar-refractivity contribution in [2.75, 3.05) is 18.0 Å². The Kier molecular flexibility index (Phi) is 3.25. The lowest BCUT2D eigenvalue weighted by atomic mass is 10.0. The average Bonchev–Trinajstić information content (AvgIpc) is 2.30. The van der Waals surface area contributed by atoms with E-state index in [0.717, 1.165) is 25.0 Å². The van der Waals surface area contributed by atoms with Crippen LogP contribution < -0.4 is 10.6 Å². The van der Waals surface area contributed by atoms with Crippen LogP contribution in [0, 0.1) is 23.0 Å². The van der Waals surface area contributed by atoms with Crippen molar-refractivity contribution >= 4 is 5.69 Å². The highest BCUT2D eigenvalue weighted by atomic mass is 19.1. The summed E-state index contributed by atoms with van der Waals surface area (Å²) in [4.78, 5) is 1.65. The molecule has 1 saturated heterocycles. The predicted molar refractivity (Wildman–Crippen MR) is 60.5 cm³/mol. The smallest absolute Gasteiger partial charge is 0.150 e. The predicted octanol–water partition coefficient (Wildman–Crippen LogP) is 1.76. The summed E-state index contributed by atoms with van der Waals surface area (Å²) in [5.74, 6) is -1.37. The Morgan fingerprint density at radius 2 is 1.76 bits per heavy atom. The first kappa shape index (κ1) is 11.8. The maximum Gasteiger partial charge on any atom is 0.150 e. The molecule has 0 bridgehead atoms. The van der Waals surface area contributed by atoms with Crippen LogP contribution in [-0.2, 0) is 0 Å². The van der Waals surface area contributed by atoms with Gasteiger partial charge in [0.25, 0.3) is 0 Å². The molecule has 1 heterocycles. The monoisotopic (exact) mass is 237 g/mol. The summed E-state index contributed by atoms with van der Waals surface area (Å²) in [6.45, 7) is 1.09. The summed E-state index contributed by atoms with van der Waals surface area (Å²) >= 11 is 0. The first-order valence-corrected chi connectivity index (χ1v) is 5.51. The zero-order valence-corrected chi connectivity index (χ0v) is 9.29. The Bertz CT molecular complexity index is 436. The number of piperidine rings is 1. The highest BCUT2D eigenvalue weighted by molar-refractivity contribution is 5.52. The highest BCUT2D eigenvalue weighted by Crippen LogP contribution is 2.27. The minimum absolute atomic E-state index is 0.00235. The zero-order valence-electron chi connectivity index (χ0n) is 9.29. The van der Waals surface area contributed by atoms with E-state index in [-0.39, 0.29) is 17.3 Å². The standard InChI is InChI=1S/C12H13F2N3/c13-10-5-8(7-15)6-11(14)12(10)17-3-1-9(16)2-4-17/h5-6,9H,1-4,16H2. The normalized spacial score (nSPS) is 16.9. The van der Waals surface area contributed by atoms with E-state index >= 15 is 0 Å². The van der Waals surface area contributed by atoms with Gasteiger partial charge in [-0.05, 0) is 25.0 Å². The molecule has 1 fully saturated rings. The van der Waals surface area contributed by atoms with Crippen molar-refractivity contribution in [3.63, 3.8) is 0 Å². The summed E-state index contributed by atoms with van der Waals surface area (Å²) in [6.07, 6.45) is 1.44. The Morgan fingerprint density at radius 1 is 1.24 bits per heavy atom. The molecule has 3 nitrogen and oxygen atoms in total. The summed E-state index contributed by atoms with van der Waals surface area (Å²) in [6, 6.07) is 3.96. The fourth-order valence-corrected chi connectivity index (χ4v) is 2.06. The molecule has 0 amide bonds. The topological polar surface area (TPSA) is 53.0 Å². The van der Waals surface area contributed by atoms with Gasteiger partial charge in [-0.15, -0.1) is 0 Å². The van der Waals surface area contributed by atoms with Gasteiger partial charge in [-0.25, -0.2) is 8.78 Å². The molecule has 0 atom stereocenters. The van der Waals surface area contributed by atoms with Gasteiger partial charge in [0.2, 0.25) is 0 Å². The summed E-state index contributed by atoms with van der Waals surface area (Å²) in [7, 11) is 0. The van der Waals surface area contributed by atoms with Gasteiger partial charge in [-0.3, -0.25) is 0 Å². The number of hydrogen-bond acceptors (Lipinski definition) is 3. The molecule has 1 aromatic rings. The third-order valence-electron chi connectivity index (χ3n) is 3.00. The lowest BCUT2D eigenvalue weighted by Crippen LogP contribution is -2.40. The second-order valence-corrected chi connectivity index (χ2v) is 4.22. The minimum Gasteiger partial charge on any atom is -0.367 e. The highest BCUT2D eigenvalue weighted by Gasteiger charge is 2.22. The molecule has 0 saturated carbocycles. The molecule has 2 N–H and O–H groups in total. The van der Waals surface area contributed by atoms with Crippen molar-refractivity contribution in [1.29, 1.82) is 5.26 Å². The van der Waals surface area contributed by atoms with Crippen molar-refractivity contribution in [3.8, 4) is 6.07 Å². The van der Waals surface area contributed by atoms with Crippen LogP contribution in [0.4, 0.5) is 14.5 Å². The van der Waals surface area contributed by atoms with Gasteiger partial charge < -0.3 is 10.6 Å². The Hall–Kier alpha value is -1.67. The average molecular weight is 237 g/mol. The van der Waals surface area contributed by atoms with Gasteiger partial charge >= 0.3 is 0 Å². The molecule has 0 aliphatic carbocycles. The zero-order chi connectivity index (χ0) is 12.4. The summed E-state index contributed by atoms with van der Waals surface area (Å²) in [5, 5.41) is 8.61. The number of benzene rings is 1. The molecule has 90 valence electrons. The molecule has 1 aliphatic rings. The van der Waals surface area contributed by atoms with Crippen LogP contribution in [0.15, 0.2) is 12.1 Å². The molecule has 0 spiro atoms. The van der Waals surface area contributed by atoms with E-state index < -0.39 is 11.6 Å². The van der Waals surface area contributed by atoms with Crippen LogP contribution in [0.3, 0.4) is 0 Å². The molecule has 0 aromatic heterocycles. The number of anilines is 1. The van der Waals surface area contributed by atoms with Crippen molar-refractivity contribution in [1.82, 2.24) is 0 Å². The Morgan fingerprint density at radius 3 is 2.24 bits per heavy atom. The largest absolute Gasteiger partial charge is 0.367 e. The lowest BCUT2D eigenvalue weighted by Gasteiger charge is -2.32. The fourth-order valence-electron chi connectivity index (χ4n) is 2.06. The lowest BCUT2D eigenvalue weighted by molar-refractivity contribution is 0.483. The number of rotatable bonds is 1. The molecule has 1 aliphatic heterocycles. The van der Waals surface area contributed by atoms with Crippen LogP contribution >= 0.6 is 0 Å². The van der Waals surface area contributed by atoms with Crippen molar-refractivity contribution in [3.05, 3.63) is 29.3 Å². The molecule has 0 radical (unpaired) electrons. The molecule has 2 rings (SSSR count). The van der Waals surface area contributed by atoms with E-state index in [2.05, 4.69) is 0 Å². The van der Waals surface area contributed by atoms with Gasteiger partial charge in [0.05, 0.1) is 11.6 Å². The van der Waals surface area contributed by atoms with E-state index in [1.54, 1.807) is 11.0 Å². The van der Waals surface area contributed by atoms with E-state index in [0.29, 0.717) is 13.1 Å². The van der Waals surface area contributed by atoms with Crippen LogP contribution in [0.25, 0.3) is 0 Å². The van der Waals surface area contributed by atoms with E-state index in [9.17, 15) is 8.78 Å². The molecular weight excluding hydrogens is 224 g/mol. The SMILES string of the molecule is N#Cc1cc(F)c(N2CCC(N)CC2)c(F)c1. The van der Waals surface area contributed by atoms with Crippen LogP contribution in [0.1, 0.15) is 18.4 Å². The van der Waals surface area contributed by atoms with Crippen LogP contribution in [0.5, 0.6) is 0 Å². The molecule has 17 heavy (non-hydrogen) atoms. The van der Waals surface area contributed by atoms with Crippen molar-refractivity contribution in [2.45, 2.75) is 18.9 Å². The van der Waals surface area contributed by atoms with Gasteiger partial charge in [0.15, 0.2) is 11.6 Å². The third kappa shape index (κ3) is 2.37. The van der Waals surface area contributed by atoms with Gasteiger partial charge in [0.1, 0.15) is 5.69 Å². The quantitative estimate of drug-likeness (QED) is 0.809. The van der Waals surface area contributed by atoms with Gasteiger partial charge in [-0.2, -0.15) is 5.26 Å². The Balaban J connectivity index is 2.30. The first-order valence-electron chi connectivity index (χ1n) is 5.51. The molecule has 5 heteroatoms. The molecular formula is C12H13F2N3. The summed E-state index contributed by atoms with van der Waals surface area (Å²) in [5.41, 5.74) is 5.69. The third-order valence-corrected chi connectivity index (χ3v) is 3.00. The van der Waals surface area contributed by atoms with Crippen molar-refractivity contribution < 1.29 is 8.78 Å². The molecule has 1 aromatic carbocycles. The number of nitriles is 1. The van der Waals surface area contributed by atoms with Crippen molar-refractivity contribution in [2.24, 2.45) is 5.73 Å². The van der Waals surface area contributed by atoms with Gasteiger partial charge in [0, 0.05) is 19.1 Å². The number of nitrogens with zero attached hydrogens (tertiary/aromatic N) is 2. The Labute approximate surface area is 98.4 Å². The minimum atomic E-state index is -0.683.